The Labute approximate surface area is 207 Å². The summed E-state index contributed by atoms with van der Waals surface area (Å²) >= 11 is 0. The summed E-state index contributed by atoms with van der Waals surface area (Å²) in [5.41, 5.74) is 1.44. The summed E-state index contributed by atoms with van der Waals surface area (Å²) in [7, 11) is 1.59. The van der Waals surface area contributed by atoms with Crippen LogP contribution in [0.3, 0.4) is 0 Å². The lowest BCUT2D eigenvalue weighted by atomic mass is 9.83. The van der Waals surface area contributed by atoms with Crippen molar-refractivity contribution in [2.24, 2.45) is 11.8 Å². The Hall–Kier alpha value is -2.93. The maximum Gasteiger partial charge on any atom is 0.227 e. The van der Waals surface area contributed by atoms with Crippen LogP contribution in [0.25, 0.3) is 0 Å². The Bertz CT molecular complexity index is 988. The summed E-state index contributed by atoms with van der Waals surface area (Å²) < 4.78 is 19.0. The van der Waals surface area contributed by atoms with Gasteiger partial charge in [0.15, 0.2) is 0 Å². The van der Waals surface area contributed by atoms with Crippen molar-refractivity contribution in [2.45, 2.75) is 45.1 Å². The van der Waals surface area contributed by atoms with Gasteiger partial charge in [-0.15, -0.1) is 0 Å². The summed E-state index contributed by atoms with van der Waals surface area (Å²) in [6.45, 7) is 6.15. The van der Waals surface area contributed by atoms with Crippen molar-refractivity contribution in [3.63, 3.8) is 0 Å². The van der Waals surface area contributed by atoms with Gasteiger partial charge in [-0.25, -0.2) is 4.39 Å². The first-order valence-electron chi connectivity index (χ1n) is 12.7. The minimum atomic E-state index is -0.506. The first-order valence-corrected chi connectivity index (χ1v) is 12.7. The number of nitrogens with zero attached hydrogens (tertiary/aromatic N) is 2. The van der Waals surface area contributed by atoms with E-state index >= 15 is 0 Å². The zero-order valence-corrected chi connectivity index (χ0v) is 20.7. The lowest BCUT2D eigenvalue weighted by molar-refractivity contribution is -0.129. The normalized spacial score (nSPS) is 21.7. The molecule has 35 heavy (non-hydrogen) atoms. The number of piperidine rings is 2. The number of likely N-dealkylation sites (tertiary alicyclic amines) is 1. The maximum absolute atomic E-state index is 13.7. The minimum absolute atomic E-state index is 0.0483. The number of anilines is 1. The van der Waals surface area contributed by atoms with Crippen LogP contribution in [0.2, 0.25) is 0 Å². The monoisotopic (exact) mass is 481 g/mol. The van der Waals surface area contributed by atoms with Crippen LogP contribution in [0.4, 0.5) is 10.1 Å². The molecule has 6 nitrogen and oxygen atoms in total. The molecule has 2 aliphatic heterocycles. The highest BCUT2D eigenvalue weighted by Crippen LogP contribution is 2.40. The number of benzene rings is 2. The van der Waals surface area contributed by atoms with Gasteiger partial charge in [-0.05, 0) is 93.2 Å². The van der Waals surface area contributed by atoms with Crippen molar-refractivity contribution in [3.8, 4) is 5.75 Å². The second-order valence-corrected chi connectivity index (χ2v) is 9.77. The second-order valence-electron chi connectivity index (χ2n) is 9.77. The predicted molar refractivity (Wildman–Crippen MR) is 135 cm³/mol. The zero-order chi connectivity index (χ0) is 24.8. The van der Waals surface area contributed by atoms with E-state index in [4.69, 9.17) is 4.74 Å². The molecule has 2 saturated heterocycles. The van der Waals surface area contributed by atoms with Crippen LogP contribution in [-0.4, -0.2) is 50.0 Å². The molecule has 0 aliphatic carbocycles. The number of methoxy groups -OCH3 is 1. The Morgan fingerprint density at radius 3 is 2.40 bits per heavy atom. The molecule has 4 rings (SSSR count). The molecule has 0 saturated carbocycles. The third-order valence-electron chi connectivity index (χ3n) is 7.32. The van der Waals surface area contributed by atoms with Crippen molar-refractivity contribution in [1.82, 2.24) is 10.2 Å². The van der Waals surface area contributed by atoms with Gasteiger partial charge in [-0.3, -0.25) is 9.59 Å². The topological polar surface area (TPSA) is 61.9 Å². The largest absolute Gasteiger partial charge is 0.497 e. The van der Waals surface area contributed by atoms with E-state index in [1.165, 1.54) is 25.0 Å². The lowest BCUT2D eigenvalue weighted by Crippen LogP contribution is -2.48. The smallest absolute Gasteiger partial charge is 0.227 e. The van der Waals surface area contributed by atoms with Gasteiger partial charge < -0.3 is 19.9 Å². The number of hydrogen-bond acceptors (Lipinski definition) is 4. The molecule has 2 aliphatic rings. The average molecular weight is 482 g/mol. The van der Waals surface area contributed by atoms with E-state index in [9.17, 15) is 14.0 Å². The molecular weight excluding hydrogens is 445 g/mol. The highest BCUT2D eigenvalue weighted by atomic mass is 19.1. The molecule has 7 heteroatoms. The van der Waals surface area contributed by atoms with Gasteiger partial charge in [0.2, 0.25) is 11.8 Å². The van der Waals surface area contributed by atoms with Crippen LogP contribution in [0.1, 0.15) is 50.6 Å². The average Bonchev–Trinajstić information content (AvgIpc) is 2.88. The van der Waals surface area contributed by atoms with Crippen molar-refractivity contribution in [3.05, 3.63) is 59.9 Å². The fraction of sp³-hybridized carbons (Fsp3) is 0.500. The Morgan fingerprint density at radius 1 is 1.06 bits per heavy atom. The van der Waals surface area contributed by atoms with Gasteiger partial charge in [0.1, 0.15) is 11.6 Å². The van der Waals surface area contributed by atoms with Crippen LogP contribution in [0.5, 0.6) is 5.75 Å². The molecule has 0 unspecified atom stereocenters. The van der Waals surface area contributed by atoms with E-state index < -0.39 is 12.0 Å². The molecule has 2 heterocycles. The summed E-state index contributed by atoms with van der Waals surface area (Å²) in [6.07, 6.45) is 4.12. The molecule has 2 fully saturated rings. The van der Waals surface area contributed by atoms with Gasteiger partial charge in [0.05, 0.1) is 19.1 Å². The van der Waals surface area contributed by atoms with Crippen LogP contribution in [0, 0.1) is 17.7 Å². The molecule has 0 aromatic heterocycles. The van der Waals surface area contributed by atoms with Gasteiger partial charge in [0.25, 0.3) is 0 Å². The van der Waals surface area contributed by atoms with Gasteiger partial charge >= 0.3 is 0 Å². The van der Waals surface area contributed by atoms with Crippen molar-refractivity contribution in [2.75, 3.05) is 38.2 Å². The molecule has 0 radical (unpaired) electrons. The fourth-order valence-corrected chi connectivity index (χ4v) is 5.19. The van der Waals surface area contributed by atoms with E-state index in [2.05, 4.69) is 17.1 Å². The van der Waals surface area contributed by atoms with Crippen molar-refractivity contribution < 1.29 is 18.7 Å². The Kier molecular flexibility index (Phi) is 8.39. The van der Waals surface area contributed by atoms with Gasteiger partial charge in [-0.1, -0.05) is 19.1 Å². The molecule has 188 valence electrons. The molecule has 2 amide bonds. The van der Waals surface area contributed by atoms with Crippen LogP contribution < -0.4 is 15.0 Å². The summed E-state index contributed by atoms with van der Waals surface area (Å²) in [5, 5.41) is 3.12. The van der Waals surface area contributed by atoms with Crippen LogP contribution in [-0.2, 0) is 9.59 Å². The molecule has 2 aromatic rings. The molecule has 1 N–H and O–H groups in total. The molecular formula is C28H36FN3O3. The SMILES string of the molecule is COc1ccc(N2C(=O)CC[C@H](C(=O)NCCCN3CCC(C)CC3)[C@@H]2c2ccc(F)cc2)cc1. The first kappa shape index (κ1) is 25.2. The first-order chi connectivity index (χ1) is 17.0. The minimum Gasteiger partial charge on any atom is -0.497 e. The molecule has 0 bridgehead atoms. The fourth-order valence-electron chi connectivity index (χ4n) is 5.19. The highest BCUT2D eigenvalue weighted by Gasteiger charge is 2.41. The number of ether oxygens (including phenoxy) is 1. The second kappa shape index (κ2) is 11.7. The Balaban J connectivity index is 1.48. The molecule has 2 atom stereocenters. The Morgan fingerprint density at radius 2 is 1.74 bits per heavy atom. The predicted octanol–water partition coefficient (Wildman–Crippen LogP) is 4.56. The maximum atomic E-state index is 13.7. The standard InChI is InChI=1S/C28H36FN3O3/c1-20-14-18-31(19-15-20)17-3-16-30-28(34)25-12-13-26(33)32(23-8-10-24(35-2)11-9-23)27(25)21-4-6-22(29)7-5-21/h4-11,20,25,27H,3,12-19H2,1-2H3,(H,30,34)/t25-,27-/m0/s1. The van der Waals surface area contributed by atoms with E-state index in [0.717, 1.165) is 37.5 Å². The van der Waals surface area contributed by atoms with Gasteiger partial charge in [-0.2, -0.15) is 0 Å². The summed E-state index contributed by atoms with van der Waals surface area (Å²) in [5.74, 6) is 0.618. The number of nitrogens with one attached hydrogen (secondary N) is 1. The van der Waals surface area contributed by atoms with E-state index in [1.807, 2.05) is 12.1 Å². The summed E-state index contributed by atoms with van der Waals surface area (Å²) in [4.78, 5) is 30.6. The zero-order valence-electron chi connectivity index (χ0n) is 20.7. The number of carbonyl (C=O) groups is 2. The number of hydrogen-bond donors (Lipinski definition) is 1. The third kappa shape index (κ3) is 6.20. The van der Waals surface area contributed by atoms with Crippen LogP contribution >= 0.6 is 0 Å². The van der Waals surface area contributed by atoms with E-state index in [0.29, 0.717) is 24.4 Å². The summed E-state index contributed by atoms with van der Waals surface area (Å²) in [6, 6.07) is 12.9. The van der Waals surface area contributed by atoms with Crippen molar-refractivity contribution >= 4 is 17.5 Å². The van der Waals surface area contributed by atoms with Crippen molar-refractivity contribution in [1.29, 1.82) is 0 Å². The number of carbonyl (C=O) groups excluding carboxylic acids is 2. The third-order valence-corrected chi connectivity index (χ3v) is 7.32. The number of halogens is 1. The molecule has 2 aromatic carbocycles. The number of rotatable bonds is 8. The lowest BCUT2D eigenvalue weighted by Gasteiger charge is -2.41. The quantitative estimate of drug-likeness (QED) is 0.562. The highest BCUT2D eigenvalue weighted by molar-refractivity contribution is 5.97. The number of amides is 2. The molecule has 0 spiro atoms. The van der Waals surface area contributed by atoms with Crippen LogP contribution in [0.15, 0.2) is 48.5 Å². The van der Waals surface area contributed by atoms with E-state index in [1.54, 1.807) is 36.3 Å². The van der Waals surface area contributed by atoms with Gasteiger partial charge in [0, 0.05) is 18.7 Å². The van der Waals surface area contributed by atoms with E-state index in [-0.39, 0.29) is 24.1 Å².